The minimum Gasteiger partial charge on any atom is -0.396 e. The van der Waals surface area contributed by atoms with Crippen molar-refractivity contribution in [3.8, 4) is 0 Å². The molecule has 128 valence electrons. The Morgan fingerprint density at radius 1 is 0.571 bits per heavy atom. The zero-order chi connectivity index (χ0) is 17.3. The van der Waals surface area contributed by atoms with E-state index in [2.05, 4.69) is 58.9 Å². The van der Waals surface area contributed by atoms with Gasteiger partial charge in [-0.15, -0.1) is 0 Å². The van der Waals surface area contributed by atoms with Gasteiger partial charge >= 0.3 is 0 Å². The molecule has 0 aliphatic heterocycles. The summed E-state index contributed by atoms with van der Waals surface area (Å²) in [5.74, 6) is 0. The summed E-state index contributed by atoms with van der Waals surface area (Å²) in [5.41, 5.74) is -0.749. The molecule has 0 heterocycles. The van der Waals surface area contributed by atoms with Gasteiger partial charge in [0.15, 0.2) is 0 Å². The van der Waals surface area contributed by atoms with Gasteiger partial charge in [-0.25, -0.2) is 0 Å². The summed E-state index contributed by atoms with van der Waals surface area (Å²) in [6.07, 6.45) is 0.769. The van der Waals surface area contributed by atoms with Gasteiger partial charge in [-0.2, -0.15) is 0 Å². The Kier molecular flexibility index (Phi) is 6.73. The first-order valence-electron chi connectivity index (χ1n) is 7.97. The maximum absolute atomic E-state index is 9.86. The third-order valence-electron chi connectivity index (χ3n) is 5.49. The van der Waals surface area contributed by atoms with Crippen molar-refractivity contribution in [2.45, 2.75) is 69.6 Å². The van der Waals surface area contributed by atoms with E-state index in [4.69, 9.17) is 0 Å². The number of rotatable bonds is 8. The van der Waals surface area contributed by atoms with Crippen molar-refractivity contribution in [1.82, 2.24) is 0 Å². The number of aliphatic hydroxyl groups excluding tert-OH is 3. The quantitative estimate of drug-likeness (QED) is 0.589. The van der Waals surface area contributed by atoms with Crippen molar-refractivity contribution >= 4 is 24.2 Å². The smallest absolute Gasteiger partial charge is 0.0531 e. The van der Waals surface area contributed by atoms with E-state index in [0.29, 0.717) is 0 Å². The fourth-order valence-corrected chi connectivity index (χ4v) is 34.8. The van der Waals surface area contributed by atoms with E-state index >= 15 is 0 Å². The largest absolute Gasteiger partial charge is 0.396 e. The average molecular weight is 351 g/mol. The van der Waals surface area contributed by atoms with Crippen LogP contribution in [-0.4, -0.2) is 59.4 Å². The van der Waals surface area contributed by atoms with Crippen LogP contribution >= 0.6 is 0 Å². The van der Waals surface area contributed by atoms with Gasteiger partial charge in [0, 0.05) is 29.6 Å². The van der Waals surface area contributed by atoms with Crippen LogP contribution < -0.4 is 0 Å². The Labute approximate surface area is 134 Å². The van der Waals surface area contributed by atoms with E-state index in [1.807, 2.05) is 0 Å². The van der Waals surface area contributed by atoms with Gasteiger partial charge < -0.3 is 15.3 Å². The van der Waals surface area contributed by atoms with E-state index in [1.165, 1.54) is 0 Å². The number of aliphatic hydroxyl groups is 3. The van der Waals surface area contributed by atoms with Gasteiger partial charge in [0.1, 0.15) is 0 Å². The molecule has 21 heavy (non-hydrogen) atoms. The molecule has 3 nitrogen and oxygen atoms in total. The highest BCUT2D eigenvalue weighted by Gasteiger charge is 2.61. The summed E-state index contributed by atoms with van der Waals surface area (Å²) in [6, 6.07) is 0. The lowest BCUT2D eigenvalue weighted by molar-refractivity contribution is -0.00167. The molecule has 0 amide bonds. The van der Waals surface area contributed by atoms with Crippen LogP contribution in [0.5, 0.6) is 0 Å². The lowest BCUT2D eigenvalue weighted by Gasteiger charge is -2.61. The highest BCUT2D eigenvalue weighted by molar-refractivity contribution is 7.15. The summed E-state index contributed by atoms with van der Waals surface area (Å²) >= 11 is 0. The first-order chi connectivity index (χ1) is 9.14. The molecule has 0 saturated carbocycles. The fraction of sp³-hybridized carbons (Fsp3) is 1.00. The normalized spacial score (nSPS) is 15.4. The first kappa shape index (κ1) is 21.5. The molecule has 0 bridgehead atoms. The van der Waals surface area contributed by atoms with Crippen molar-refractivity contribution in [2.24, 2.45) is 5.41 Å². The zero-order valence-electron chi connectivity index (χ0n) is 15.7. The van der Waals surface area contributed by atoms with Gasteiger partial charge in [0.05, 0.1) is 19.8 Å². The van der Waals surface area contributed by atoms with E-state index in [1.54, 1.807) is 0 Å². The molecule has 0 aromatic carbocycles. The summed E-state index contributed by atoms with van der Waals surface area (Å²) in [4.78, 5) is 0. The van der Waals surface area contributed by atoms with E-state index < -0.39 is 29.6 Å². The Balaban J connectivity index is 6.31. The minimum absolute atomic E-state index is 0.138. The lowest BCUT2D eigenvalue weighted by Crippen LogP contribution is -2.67. The van der Waals surface area contributed by atoms with Crippen LogP contribution in [0.2, 0.25) is 63.2 Å². The summed E-state index contributed by atoms with van der Waals surface area (Å²) < 4.78 is 0.237. The van der Waals surface area contributed by atoms with Crippen LogP contribution in [0, 0.1) is 5.41 Å². The van der Waals surface area contributed by atoms with Crippen LogP contribution in [0.1, 0.15) is 6.42 Å². The SMILES string of the molecule is C[Si](C)(C)C(CC(CO)(CO)CO)([Si](C)(C)C)[Si](C)(C)C. The molecular weight excluding hydrogens is 312 g/mol. The first-order valence-corrected chi connectivity index (χ1v) is 18.5. The second kappa shape index (κ2) is 6.57. The molecule has 0 spiro atoms. The molecule has 0 fully saturated rings. The van der Waals surface area contributed by atoms with Gasteiger partial charge in [-0.1, -0.05) is 58.9 Å². The maximum atomic E-state index is 9.86. The second-order valence-corrected chi connectivity index (χ2v) is 27.4. The highest BCUT2D eigenvalue weighted by atomic mass is 28.5. The molecule has 6 heteroatoms. The molecule has 0 aromatic heterocycles. The zero-order valence-corrected chi connectivity index (χ0v) is 18.7. The van der Waals surface area contributed by atoms with E-state index in [-0.39, 0.29) is 24.1 Å². The molecule has 0 atom stereocenters. The van der Waals surface area contributed by atoms with Crippen molar-refractivity contribution in [1.29, 1.82) is 0 Å². The van der Waals surface area contributed by atoms with Gasteiger partial charge in [0.25, 0.3) is 0 Å². The van der Waals surface area contributed by atoms with Crippen molar-refractivity contribution in [3.05, 3.63) is 0 Å². The van der Waals surface area contributed by atoms with Crippen LogP contribution in [0.4, 0.5) is 0 Å². The van der Waals surface area contributed by atoms with Gasteiger partial charge in [0.2, 0.25) is 0 Å². The van der Waals surface area contributed by atoms with Crippen molar-refractivity contribution in [3.63, 3.8) is 0 Å². The van der Waals surface area contributed by atoms with E-state index in [9.17, 15) is 15.3 Å². The Hall–Kier alpha value is 0.531. The van der Waals surface area contributed by atoms with Crippen molar-refractivity contribution < 1.29 is 15.3 Å². The third-order valence-corrected chi connectivity index (χ3v) is 27.2. The molecule has 0 aromatic rings. The predicted octanol–water partition coefficient (Wildman–Crippen LogP) is 3.17. The highest BCUT2D eigenvalue weighted by Crippen LogP contribution is 2.59. The summed E-state index contributed by atoms with van der Waals surface area (Å²) in [5, 5.41) is 29.6. The molecule has 0 saturated heterocycles. The molecule has 0 unspecified atom stereocenters. The second-order valence-electron chi connectivity index (χ2n) is 9.81. The van der Waals surface area contributed by atoms with Crippen LogP contribution in [0.25, 0.3) is 0 Å². The molecule has 0 radical (unpaired) electrons. The predicted molar refractivity (Wildman–Crippen MR) is 101 cm³/mol. The number of hydrogen-bond donors (Lipinski definition) is 3. The lowest BCUT2D eigenvalue weighted by atomic mass is 9.88. The fourth-order valence-electron chi connectivity index (χ4n) is 5.05. The molecule has 3 N–H and O–H groups in total. The van der Waals surface area contributed by atoms with E-state index in [0.717, 1.165) is 6.42 Å². The van der Waals surface area contributed by atoms with Crippen LogP contribution in [-0.2, 0) is 0 Å². The van der Waals surface area contributed by atoms with Crippen molar-refractivity contribution in [2.75, 3.05) is 19.8 Å². The van der Waals surface area contributed by atoms with Gasteiger partial charge in [-0.05, 0) is 10.7 Å². The average Bonchev–Trinajstić information content (AvgIpc) is 2.26. The summed E-state index contributed by atoms with van der Waals surface area (Å²) in [6.45, 7) is 21.5. The topological polar surface area (TPSA) is 60.7 Å². The summed E-state index contributed by atoms with van der Waals surface area (Å²) in [7, 11) is -4.73. The van der Waals surface area contributed by atoms with Crippen LogP contribution in [0.3, 0.4) is 0 Å². The standard InChI is InChI=1S/C15H38O3Si3/c1-19(2,3)15(20(4,5)6,21(7,8)9)10-14(11-16,12-17)13-18/h16-18H,10-13H2,1-9H3. The number of hydrogen-bond acceptors (Lipinski definition) is 3. The molecule has 0 aliphatic carbocycles. The minimum atomic E-state index is -1.58. The Morgan fingerprint density at radius 2 is 0.810 bits per heavy atom. The van der Waals surface area contributed by atoms with Gasteiger partial charge in [-0.3, -0.25) is 0 Å². The molecular formula is C15H38O3Si3. The molecule has 0 rings (SSSR count). The Bertz CT molecular complexity index is 289. The monoisotopic (exact) mass is 350 g/mol. The maximum Gasteiger partial charge on any atom is 0.0531 e. The Morgan fingerprint density at radius 3 is 0.952 bits per heavy atom. The van der Waals surface area contributed by atoms with Crippen LogP contribution in [0.15, 0.2) is 0 Å². The molecule has 0 aliphatic rings. The third kappa shape index (κ3) is 3.90.